The van der Waals surface area contributed by atoms with Crippen molar-refractivity contribution in [2.24, 2.45) is 5.92 Å². The van der Waals surface area contributed by atoms with Crippen molar-refractivity contribution in [1.82, 2.24) is 0 Å². The number of hydrogen-bond donors (Lipinski definition) is 0. The largest absolute Gasteiger partial charge is 0.494 e. The van der Waals surface area contributed by atoms with Crippen LogP contribution in [0.2, 0.25) is 5.02 Å². The molecule has 0 N–H and O–H groups in total. The molecule has 2 aliphatic rings. The van der Waals surface area contributed by atoms with Crippen molar-refractivity contribution in [1.29, 1.82) is 0 Å². The summed E-state index contributed by atoms with van der Waals surface area (Å²) in [6.07, 6.45) is -0.264. The van der Waals surface area contributed by atoms with Gasteiger partial charge in [0.15, 0.2) is 6.10 Å². The number of para-hydroxylation sites is 1. The molecule has 2 aliphatic heterocycles. The van der Waals surface area contributed by atoms with E-state index in [-0.39, 0.29) is 10.7 Å². The highest BCUT2D eigenvalue weighted by Crippen LogP contribution is 2.49. The molecule has 5 rings (SSSR count). The summed E-state index contributed by atoms with van der Waals surface area (Å²) in [7, 11) is 0. The van der Waals surface area contributed by atoms with E-state index in [1.54, 1.807) is 48.5 Å². The van der Waals surface area contributed by atoms with Gasteiger partial charge in [-0.05, 0) is 48.9 Å². The zero-order valence-electron chi connectivity index (χ0n) is 19.2. The van der Waals surface area contributed by atoms with Crippen LogP contribution in [0.5, 0.6) is 5.75 Å². The summed E-state index contributed by atoms with van der Waals surface area (Å²) in [6.45, 7) is 2.55. The SMILES string of the molecule is CCCOc1ccc(N2C(=O)[C@H]3[C@H](ON(c4ccccc4)[C@@H]3c3cc([N+](=O)[O-])ccc3Cl)C2=O)cc1. The van der Waals surface area contributed by atoms with E-state index in [1.165, 1.54) is 23.3 Å². The van der Waals surface area contributed by atoms with E-state index in [0.29, 0.717) is 29.3 Å². The zero-order chi connectivity index (χ0) is 25.4. The number of amides is 2. The number of non-ortho nitro benzene ring substituents is 1. The lowest BCUT2D eigenvalue weighted by Crippen LogP contribution is -2.37. The highest BCUT2D eigenvalue weighted by atomic mass is 35.5. The molecule has 10 heteroatoms. The van der Waals surface area contributed by atoms with Crippen molar-refractivity contribution in [3.8, 4) is 5.75 Å². The van der Waals surface area contributed by atoms with Crippen LogP contribution in [0.4, 0.5) is 17.1 Å². The number of anilines is 2. The number of hydrogen-bond acceptors (Lipinski definition) is 7. The summed E-state index contributed by atoms with van der Waals surface area (Å²) in [4.78, 5) is 45.3. The lowest BCUT2D eigenvalue weighted by molar-refractivity contribution is -0.384. The Morgan fingerprint density at radius 2 is 1.72 bits per heavy atom. The third kappa shape index (κ3) is 4.06. The standard InChI is InChI=1S/C26H22ClN3O6/c1-2-14-35-19-11-8-16(9-12-19)28-25(31)22-23(20-15-18(30(33)34)10-13-21(20)27)29(36-24(22)26(28)32)17-6-4-3-5-7-17/h3-13,15,22-24H,2,14H2,1H3/t22-,23-,24+/m1/s1. The zero-order valence-corrected chi connectivity index (χ0v) is 20.0. The van der Waals surface area contributed by atoms with Crippen molar-refractivity contribution in [2.45, 2.75) is 25.5 Å². The Labute approximate surface area is 211 Å². The molecule has 0 aromatic heterocycles. The third-order valence-corrected chi connectivity index (χ3v) is 6.55. The Hall–Kier alpha value is -3.95. The number of nitro benzene ring substituents is 1. The van der Waals surface area contributed by atoms with Gasteiger partial charge in [-0.3, -0.25) is 24.5 Å². The van der Waals surface area contributed by atoms with Gasteiger partial charge < -0.3 is 4.74 Å². The molecule has 3 atom stereocenters. The molecule has 0 aliphatic carbocycles. The van der Waals surface area contributed by atoms with Crippen molar-refractivity contribution < 1.29 is 24.1 Å². The monoisotopic (exact) mass is 507 g/mol. The minimum absolute atomic E-state index is 0.179. The summed E-state index contributed by atoms with van der Waals surface area (Å²) in [5.74, 6) is -1.32. The van der Waals surface area contributed by atoms with E-state index in [4.69, 9.17) is 21.2 Å². The molecule has 0 unspecified atom stereocenters. The second-order valence-electron chi connectivity index (χ2n) is 8.48. The third-order valence-electron chi connectivity index (χ3n) is 6.20. The minimum atomic E-state index is -1.12. The van der Waals surface area contributed by atoms with Gasteiger partial charge in [0.25, 0.3) is 11.6 Å². The van der Waals surface area contributed by atoms with Crippen molar-refractivity contribution in [3.05, 3.63) is 93.5 Å². The number of ether oxygens (including phenoxy) is 1. The lowest BCUT2D eigenvalue weighted by Gasteiger charge is -2.29. The quantitative estimate of drug-likeness (QED) is 0.249. The van der Waals surface area contributed by atoms with Gasteiger partial charge in [0.2, 0.25) is 5.91 Å². The first-order valence-corrected chi connectivity index (χ1v) is 11.8. The molecule has 36 heavy (non-hydrogen) atoms. The number of nitro groups is 1. The molecular weight excluding hydrogens is 486 g/mol. The van der Waals surface area contributed by atoms with Crippen LogP contribution in [-0.2, 0) is 14.4 Å². The molecule has 0 radical (unpaired) electrons. The first-order chi connectivity index (χ1) is 17.4. The fourth-order valence-corrected chi connectivity index (χ4v) is 4.80. The van der Waals surface area contributed by atoms with Crippen LogP contribution in [0, 0.1) is 16.0 Å². The fourth-order valence-electron chi connectivity index (χ4n) is 4.57. The average Bonchev–Trinajstić information content (AvgIpc) is 3.39. The van der Waals surface area contributed by atoms with Crippen molar-refractivity contribution >= 4 is 40.5 Å². The van der Waals surface area contributed by atoms with Gasteiger partial charge in [0, 0.05) is 22.7 Å². The minimum Gasteiger partial charge on any atom is -0.494 e. The number of carbonyl (C=O) groups is 2. The molecule has 2 heterocycles. The van der Waals surface area contributed by atoms with Crippen LogP contribution < -0.4 is 14.7 Å². The van der Waals surface area contributed by atoms with E-state index in [0.717, 1.165) is 11.3 Å². The van der Waals surface area contributed by atoms with Crippen LogP contribution in [0.3, 0.4) is 0 Å². The summed E-state index contributed by atoms with van der Waals surface area (Å²) in [5.41, 5.74) is 1.13. The second-order valence-corrected chi connectivity index (χ2v) is 8.88. The first-order valence-electron chi connectivity index (χ1n) is 11.5. The molecule has 3 aromatic rings. The number of hydroxylamine groups is 1. The molecule has 2 saturated heterocycles. The highest BCUT2D eigenvalue weighted by molar-refractivity contribution is 6.31. The van der Waals surface area contributed by atoms with Crippen LogP contribution in [0.15, 0.2) is 72.8 Å². The molecule has 2 amide bonds. The molecule has 3 aromatic carbocycles. The Morgan fingerprint density at radius 3 is 2.39 bits per heavy atom. The lowest BCUT2D eigenvalue weighted by atomic mass is 9.90. The number of nitrogens with zero attached hydrogens (tertiary/aromatic N) is 3. The summed E-state index contributed by atoms with van der Waals surface area (Å²) >= 11 is 6.49. The maximum atomic E-state index is 13.7. The number of rotatable bonds is 7. The van der Waals surface area contributed by atoms with E-state index in [2.05, 4.69) is 0 Å². The Balaban J connectivity index is 1.55. The summed E-state index contributed by atoms with van der Waals surface area (Å²) in [6, 6.07) is 18.8. The number of benzene rings is 3. The van der Waals surface area contributed by atoms with Gasteiger partial charge >= 0.3 is 0 Å². The van der Waals surface area contributed by atoms with Crippen LogP contribution in [-0.4, -0.2) is 29.4 Å². The molecule has 0 saturated carbocycles. The predicted octanol–water partition coefficient (Wildman–Crippen LogP) is 5.09. The van der Waals surface area contributed by atoms with Gasteiger partial charge in [-0.25, -0.2) is 9.96 Å². The first kappa shape index (κ1) is 23.8. The summed E-state index contributed by atoms with van der Waals surface area (Å²) < 4.78 is 5.59. The Bertz CT molecular complexity index is 1320. The van der Waals surface area contributed by atoms with Gasteiger partial charge in [0.1, 0.15) is 11.7 Å². The van der Waals surface area contributed by atoms with Crippen molar-refractivity contribution in [2.75, 3.05) is 16.6 Å². The topological polar surface area (TPSA) is 102 Å². The van der Waals surface area contributed by atoms with Crippen LogP contribution in [0.25, 0.3) is 0 Å². The van der Waals surface area contributed by atoms with Gasteiger partial charge in [-0.2, -0.15) is 0 Å². The molecular formula is C26H22ClN3O6. The second kappa shape index (κ2) is 9.60. The van der Waals surface area contributed by atoms with Crippen LogP contribution in [0.1, 0.15) is 24.9 Å². The van der Waals surface area contributed by atoms with E-state index in [1.807, 2.05) is 13.0 Å². The molecule has 2 fully saturated rings. The fraction of sp³-hybridized carbons (Fsp3) is 0.231. The molecule has 9 nitrogen and oxygen atoms in total. The average molecular weight is 508 g/mol. The molecule has 0 bridgehead atoms. The molecule has 0 spiro atoms. The number of carbonyl (C=O) groups excluding carboxylic acids is 2. The van der Waals surface area contributed by atoms with Crippen LogP contribution >= 0.6 is 11.6 Å². The van der Waals surface area contributed by atoms with E-state index >= 15 is 0 Å². The summed E-state index contributed by atoms with van der Waals surface area (Å²) in [5, 5.41) is 13.2. The molecule has 184 valence electrons. The number of imide groups is 1. The van der Waals surface area contributed by atoms with E-state index in [9.17, 15) is 19.7 Å². The Kier molecular flexibility index (Phi) is 6.34. The Morgan fingerprint density at radius 1 is 1.00 bits per heavy atom. The number of fused-ring (bicyclic) bond motifs is 1. The van der Waals surface area contributed by atoms with Gasteiger partial charge in [-0.15, -0.1) is 0 Å². The smallest absolute Gasteiger partial charge is 0.269 e. The van der Waals surface area contributed by atoms with E-state index < -0.39 is 34.8 Å². The maximum Gasteiger partial charge on any atom is 0.269 e. The normalized spacial score (nSPS) is 21.1. The maximum absolute atomic E-state index is 13.7. The number of halogens is 1. The highest BCUT2D eigenvalue weighted by Gasteiger charge is 2.60. The predicted molar refractivity (Wildman–Crippen MR) is 133 cm³/mol. The van der Waals surface area contributed by atoms with Gasteiger partial charge in [0.05, 0.1) is 28.9 Å². The van der Waals surface area contributed by atoms with Gasteiger partial charge in [-0.1, -0.05) is 36.7 Å². The van der Waals surface area contributed by atoms with Crippen molar-refractivity contribution in [3.63, 3.8) is 0 Å².